The summed E-state index contributed by atoms with van der Waals surface area (Å²) in [6.45, 7) is 2.08. The lowest BCUT2D eigenvalue weighted by Gasteiger charge is -2.50. The van der Waals surface area contributed by atoms with Gasteiger partial charge in [-0.25, -0.2) is 4.39 Å². The predicted molar refractivity (Wildman–Crippen MR) is 187 cm³/mol. The van der Waals surface area contributed by atoms with Gasteiger partial charge in [-0.3, -0.25) is 29.5 Å². The molecule has 5 aliphatic rings. The number of hydrogen-bond donors (Lipinski definition) is 2. The van der Waals surface area contributed by atoms with Crippen molar-refractivity contribution in [2.75, 3.05) is 12.0 Å². The van der Waals surface area contributed by atoms with Gasteiger partial charge >= 0.3 is 0 Å². The smallest absolute Gasteiger partial charge is 0.260 e. The summed E-state index contributed by atoms with van der Waals surface area (Å²) in [5.74, 6) is -5.12. The predicted octanol–water partition coefficient (Wildman–Crippen LogP) is 6.90. The highest BCUT2D eigenvalue weighted by Crippen LogP contribution is 2.64. The van der Waals surface area contributed by atoms with E-state index in [0.717, 1.165) is 42.7 Å². The summed E-state index contributed by atoms with van der Waals surface area (Å²) in [4.78, 5) is 60.1. The van der Waals surface area contributed by atoms with E-state index in [1.54, 1.807) is 43.3 Å². The van der Waals surface area contributed by atoms with Crippen LogP contribution in [0, 0.1) is 29.5 Å². The van der Waals surface area contributed by atoms with Crippen LogP contribution in [-0.2, 0) is 24.6 Å². The lowest BCUT2D eigenvalue weighted by Crippen LogP contribution is -2.53. The largest absolute Gasteiger partial charge is 0.504 e. The summed E-state index contributed by atoms with van der Waals surface area (Å²) in [7, 11) is 0. The summed E-state index contributed by atoms with van der Waals surface area (Å²) in [6.07, 6.45) is 7.10. The maximum absolute atomic E-state index is 15.3. The Bertz CT molecular complexity index is 1940. The van der Waals surface area contributed by atoms with Gasteiger partial charge in [-0.15, -0.1) is 0 Å². The average Bonchev–Trinajstić information content (AvgIpc) is 3.51. The molecule has 0 spiro atoms. The number of aromatic hydroxyl groups is 1. The summed E-state index contributed by atoms with van der Waals surface area (Å²) >= 11 is 6.38. The molecule has 0 radical (unpaired) electrons. The number of nitrogens with zero attached hydrogens (tertiary/aromatic N) is 2. The van der Waals surface area contributed by atoms with Crippen LogP contribution in [0.1, 0.15) is 68.9 Å². The van der Waals surface area contributed by atoms with E-state index in [2.05, 4.69) is 5.43 Å². The second-order valence-electron chi connectivity index (χ2n) is 14.4. The normalized spacial score (nSPS) is 29.1. The number of hydrazine groups is 1. The zero-order valence-electron chi connectivity index (χ0n) is 28.2. The first-order chi connectivity index (χ1) is 24.6. The SMILES string of the molecule is CCOc1cc([C@H]2C3=CC[C@@H]4C(=O)N(C5CCCCC5)C(=O)[C@@H]4[C@@H]3C[C@H]3C(=O)N(Nc4ccc(F)cc4)C(=O)[C@@]23c2ccc(Cl)cc2)ccc1O. The number of phenolic OH excluding ortho intramolecular Hbond substituents is 1. The number of benzene rings is 3. The summed E-state index contributed by atoms with van der Waals surface area (Å²) in [6, 6.07) is 17.1. The molecule has 0 unspecified atom stereocenters. The van der Waals surface area contributed by atoms with Crippen LogP contribution in [0.15, 0.2) is 78.4 Å². The van der Waals surface area contributed by atoms with E-state index < -0.39 is 52.6 Å². The number of likely N-dealkylation sites (tertiary alicyclic amines) is 1. The number of fused-ring (bicyclic) bond motifs is 4. The fourth-order valence-corrected chi connectivity index (χ4v) is 9.86. The molecule has 2 aliphatic heterocycles. The molecule has 2 N–H and O–H groups in total. The Balaban J connectivity index is 1.32. The maximum Gasteiger partial charge on any atom is 0.260 e. The van der Waals surface area contributed by atoms with Crippen LogP contribution in [0.4, 0.5) is 10.1 Å². The fraction of sp³-hybridized carbons (Fsp3) is 0.400. The number of nitrogens with one attached hydrogen (secondary N) is 1. The molecule has 3 aliphatic carbocycles. The van der Waals surface area contributed by atoms with Crippen molar-refractivity contribution in [1.82, 2.24) is 9.91 Å². The molecule has 264 valence electrons. The number of hydrogen-bond acceptors (Lipinski definition) is 7. The van der Waals surface area contributed by atoms with Crippen molar-refractivity contribution in [3.63, 3.8) is 0 Å². The van der Waals surface area contributed by atoms with E-state index in [0.29, 0.717) is 28.3 Å². The number of ether oxygens (including phenoxy) is 1. The molecule has 9 nitrogen and oxygen atoms in total. The van der Waals surface area contributed by atoms with E-state index in [1.165, 1.54) is 35.2 Å². The van der Waals surface area contributed by atoms with Crippen molar-refractivity contribution in [1.29, 1.82) is 0 Å². The second kappa shape index (κ2) is 12.8. The summed E-state index contributed by atoms with van der Waals surface area (Å²) < 4.78 is 19.7. The van der Waals surface area contributed by atoms with E-state index in [4.69, 9.17) is 16.3 Å². The van der Waals surface area contributed by atoms with Gasteiger partial charge in [-0.1, -0.05) is 60.7 Å². The third-order valence-corrected chi connectivity index (χ3v) is 12.1. The Morgan fingerprint density at radius 3 is 2.35 bits per heavy atom. The van der Waals surface area contributed by atoms with Crippen molar-refractivity contribution < 1.29 is 33.4 Å². The number of amides is 4. The minimum absolute atomic E-state index is 0.0733. The molecule has 2 saturated heterocycles. The number of allylic oxidation sites excluding steroid dienone is 2. The topological polar surface area (TPSA) is 116 Å². The molecular formula is C40H39ClFN3O6. The average molecular weight is 712 g/mol. The van der Waals surface area contributed by atoms with Crippen LogP contribution in [0.5, 0.6) is 11.5 Å². The van der Waals surface area contributed by atoms with Crippen molar-refractivity contribution in [3.8, 4) is 11.5 Å². The first-order valence-corrected chi connectivity index (χ1v) is 18.2. The number of carbonyl (C=O) groups is 4. The molecule has 0 bridgehead atoms. The molecule has 2 saturated carbocycles. The number of imide groups is 2. The van der Waals surface area contributed by atoms with Gasteiger partial charge in [-0.2, -0.15) is 5.01 Å². The third-order valence-electron chi connectivity index (χ3n) is 11.8. The quantitative estimate of drug-likeness (QED) is 0.202. The van der Waals surface area contributed by atoms with Crippen molar-refractivity contribution in [2.45, 2.75) is 69.2 Å². The van der Waals surface area contributed by atoms with Crippen molar-refractivity contribution in [3.05, 3.63) is 100 Å². The Kier molecular flexibility index (Phi) is 8.40. The van der Waals surface area contributed by atoms with E-state index in [9.17, 15) is 23.9 Å². The second-order valence-corrected chi connectivity index (χ2v) is 14.8. The molecule has 4 fully saturated rings. The molecule has 6 atom stereocenters. The summed E-state index contributed by atoms with van der Waals surface area (Å²) in [5, 5.41) is 12.2. The number of anilines is 1. The third kappa shape index (κ3) is 5.16. The van der Waals surface area contributed by atoms with Gasteiger partial charge in [0.2, 0.25) is 11.8 Å². The van der Waals surface area contributed by atoms with E-state index in [1.807, 2.05) is 6.08 Å². The molecule has 4 amide bonds. The Morgan fingerprint density at radius 2 is 1.65 bits per heavy atom. The maximum atomic E-state index is 15.3. The van der Waals surface area contributed by atoms with E-state index in [-0.39, 0.29) is 42.4 Å². The molecule has 11 heteroatoms. The Hall–Kier alpha value is -4.70. The Labute approximate surface area is 300 Å². The first kappa shape index (κ1) is 33.4. The summed E-state index contributed by atoms with van der Waals surface area (Å²) in [5.41, 5.74) is 3.79. The van der Waals surface area contributed by atoms with Gasteiger partial charge in [-0.05, 0) is 98.2 Å². The molecule has 0 aromatic heterocycles. The van der Waals surface area contributed by atoms with Gasteiger partial charge in [0.05, 0.1) is 35.5 Å². The lowest BCUT2D eigenvalue weighted by molar-refractivity contribution is -0.144. The van der Waals surface area contributed by atoms with Gasteiger partial charge in [0.15, 0.2) is 11.5 Å². The van der Waals surface area contributed by atoms with Crippen LogP contribution < -0.4 is 10.2 Å². The molecule has 3 aromatic carbocycles. The van der Waals surface area contributed by atoms with Crippen molar-refractivity contribution in [2.24, 2.45) is 23.7 Å². The van der Waals surface area contributed by atoms with Crippen LogP contribution in [0.3, 0.4) is 0 Å². The minimum atomic E-state index is -1.51. The zero-order chi connectivity index (χ0) is 35.6. The molecule has 2 heterocycles. The van der Waals surface area contributed by atoms with Crippen LogP contribution >= 0.6 is 11.6 Å². The minimum Gasteiger partial charge on any atom is -0.504 e. The van der Waals surface area contributed by atoms with E-state index >= 15 is 4.79 Å². The number of phenols is 1. The molecular weight excluding hydrogens is 673 g/mol. The standard InChI is InChI=1S/C40H39ClFN3O6/c1-2-51-33-20-22(8-19-32(33)46)35-28-17-18-29-34(38(49)44(36(29)47)27-6-4-3-5-7-27)30(28)21-31-37(48)45(43-26-15-13-25(42)14-16-26)39(50)40(31,35)23-9-11-24(41)12-10-23/h8-17,19-20,27,29-31,34-35,43,46H,2-7,18,21H2,1H3/t29-,30+,31-,34-,35-,40+/m0/s1. The first-order valence-electron chi connectivity index (χ1n) is 17.8. The molecule has 3 aromatic rings. The van der Waals surface area contributed by atoms with Gasteiger partial charge in [0, 0.05) is 17.0 Å². The highest BCUT2D eigenvalue weighted by Gasteiger charge is 2.70. The highest BCUT2D eigenvalue weighted by atomic mass is 35.5. The number of halogens is 2. The fourth-order valence-electron chi connectivity index (χ4n) is 9.74. The number of rotatable bonds is 7. The highest BCUT2D eigenvalue weighted by molar-refractivity contribution is 6.30. The van der Waals surface area contributed by atoms with Gasteiger partial charge in [0.1, 0.15) is 5.82 Å². The number of carbonyl (C=O) groups excluding carboxylic acids is 4. The van der Waals surface area contributed by atoms with Crippen LogP contribution in [0.2, 0.25) is 5.02 Å². The van der Waals surface area contributed by atoms with Crippen molar-refractivity contribution >= 4 is 40.9 Å². The monoisotopic (exact) mass is 711 g/mol. The van der Waals surface area contributed by atoms with Crippen LogP contribution in [-0.4, -0.2) is 51.3 Å². The van der Waals surface area contributed by atoms with Gasteiger partial charge in [0.25, 0.3) is 11.8 Å². The van der Waals surface area contributed by atoms with Gasteiger partial charge < -0.3 is 9.84 Å². The zero-order valence-corrected chi connectivity index (χ0v) is 28.9. The Morgan fingerprint density at radius 1 is 0.922 bits per heavy atom. The molecule has 8 rings (SSSR count). The lowest BCUT2D eigenvalue weighted by atomic mass is 9.49. The molecule has 51 heavy (non-hydrogen) atoms. The van der Waals surface area contributed by atoms with Crippen LogP contribution in [0.25, 0.3) is 0 Å².